The highest BCUT2D eigenvalue weighted by molar-refractivity contribution is 7.99. The first-order valence-electron chi connectivity index (χ1n) is 4.51. The maximum Gasteiger partial charge on any atom is 0.213 e. The predicted octanol–water partition coefficient (Wildman–Crippen LogP) is 2.73. The van der Waals surface area contributed by atoms with Gasteiger partial charge in [-0.15, -0.1) is 5.10 Å². The second-order valence-electron chi connectivity index (χ2n) is 3.08. The first-order valence-corrected chi connectivity index (χ1v) is 5.70. The Kier molecular flexibility index (Phi) is 3.26. The zero-order valence-corrected chi connectivity index (χ0v) is 9.97. The highest BCUT2D eigenvalue weighted by atomic mass is 35.5. The molecule has 0 aliphatic heterocycles. The molecule has 4 nitrogen and oxygen atoms in total. The number of carbonyl (C=O) groups excluding carboxylic acids is 1. The third-order valence-corrected chi connectivity index (χ3v) is 3.35. The Labute approximate surface area is 101 Å². The van der Waals surface area contributed by atoms with Gasteiger partial charge in [-0.1, -0.05) is 23.7 Å². The number of halogens is 1. The van der Waals surface area contributed by atoms with Crippen LogP contribution in [0.15, 0.2) is 28.3 Å². The van der Waals surface area contributed by atoms with E-state index in [1.807, 2.05) is 6.92 Å². The summed E-state index contributed by atoms with van der Waals surface area (Å²) in [6, 6.07) is 5.18. The number of aldehydes is 1. The summed E-state index contributed by atoms with van der Waals surface area (Å²) in [5.41, 5.74) is 0.542. The van der Waals surface area contributed by atoms with E-state index in [1.165, 1.54) is 11.8 Å². The van der Waals surface area contributed by atoms with Crippen LogP contribution >= 0.6 is 23.4 Å². The smallest absolute Gasteiger partial charge is 0.213 e. The summed E-state index contributed by atoms with van der Waals surface area (Å²) in [5, 5.41) is 7.79. The summed E-state index contributed by atoms with van der Waals surface area (Å²) in [7, 11) is 0. The molecule has 0 radical (unpaired) electrons. The van der Waals surface area contributed by atoms with Crippen molar-refractivity contribution in [2.75, 3.05) is 0 Å². The Morgan fingerprint density at radius 1 is 1.50 bits per heavy atom. The van der Waals surface area contributed by atoms with Gasteiger partial charge >= 0.3 is 0 Å². The Morgan fingerprint density at radius 3 is 2.94 bits per heavy atom. The largest absolute Gasteiger partial charge is 0.298 e. The number of carbonyl (C=O) groups is 1. The van der Waals surface area contributed by atoms with E-state index < -0.39 is 0 Å². The van der Waals surface area contributed by atoms with E-state index >= 15 is 0 Å². The number of nitrogens with one attached hydrogen (secondary N) is 1. The minimum atomic E-state index is 0.525. The Hall–Kier alpha value is -1.33. The predicted molar refractivity (Wildman–Crippen MR) is 62.1 cm³/mol. The standard InChI is InChI=1S/C10H8ClN3OS/c1-6-12-10(14-13-6)16-9-7(5-15)3-2-4-8(9)11/h2-5H,1H3,(H,12,13,14). The fourth-order valence-electron chi connectivity index (χ4n) is 1.19. The van der Waals surface area contributed by atoms with Crippen LogP contribution in [-0.2, 0) is 0 Å². The molecule has 6 heteroatoms. The van der Waals surface area contributed by atoms with Crippen LogP contribution in [0.2, 0.25) is 5.02 Å². The van der Waals surface area contributed by atoms with Gasteiger partial charge in [-0.25, -0.2) is 4.98 Å². The van der Waals surface area contributed by atoms with Crippen LogP contribution in [-0.4, -0.2) is 21.5 Å². The van der Waals surface area contributed by atoms with Crippen molar-refractivity contribution in [1.82, 2.24) is 15.2 Å². The summed E-state index contributed by atoms with van der Waals surface area (Å²) in [6.07, 6.45) is 0.772. The molecule has 1 heterocycles. The zero-order valence-electron chi connectivity index (χ0n) is 8.40. The average Bonchev–Trinajstić information content (AvgIpc) is 2.67. The lowest BCUT2D eigenvalue weighted by molar-refractivity contribution is 0.112. The monoisotopic (exact) mass is 253 g/mol. The number of aromatic nitrogens is 3. The number of aromatic amines is 1. The molecular weight excluding hydrogens is 246 g/mol. The van der Waals surface area contributed by atoms with Crippen LogP contribution in [0.3, 0.4) is 0 Å². The number of hydrogen-bond donors (Lipinski definition) is 1. The lowest BCUT2D eigenvalue weighted by atomic mass is 10.2. The third-order valence-electron chi connectivity index (χ3n) is 1.89. The molecule has 1 aromatic heterocycles. The van der Waals surface area contributed by atoms with E-state index in [-0.39, 0.29) is 0 Å². The van der Waals surface area contributed by atoms with Crippen molar-refractivity contribution in [3.63, 3.8) is 0 Å². The van der Waals surface area contributed by atoms with Crippen LogP contribution in [0.25, 0.3) is 0 Å². The highest BCUT2D eigenvalue weighted by Gasteiger charge is 2.10. The molecule has 0 saturated heterocycles. The quantitative estimate of drug-likeness (QED) is 0.855. The van der Waals surface area contributed by atoms with E-state index in [2.05, 4.69) is 15.2 Å². The van der Waals surface area contributed by atoms with Gasteiger partial charge in [0.25, 0.3) is 0 Å². The second kappa shape index (κ2) is 4.67. The molecule has 16 heavy (non-hydrogen) atoms. The van der Waals surface area contributed by atoms with Crippen molar-refractivity contribution in [1.29, 1.82) is 0 Å². The van der Waals surface area contributed by atoms with Crippen LogP contribution in [0.4, 0.5) is 0 Å². The van der Waals surface area contributed by atoms with Gasteiger partial charge in [0.2, 0.25) is 5.16 Å². The van der Waals surface area contributed by atoms with Gasteiger partial charge in [-0.05, 0) is 24.8 Å². The molecular formula is C10H8ClN3OS. The third kappa shape index (κ3) is 2.25. The van der Waals surface area contributed by atoms with Gasteiger partial charge in [-0.2, -0.15) is 0 Å². The number of rotatable bonds is 3. The molecule has 2 aromatic rings. The molecule has 1 N–H and O–H groups in total. The normalized spacial score (nSPS) is 10.4. The van der Waals surface area contributed by atoms with Crippen molar-refractivity contribution in [2.24, 2.45) is 0 Å². The van der Waals surface area contributed by atoms with Crippen LogP contribution < -0.4 is 0 Å². The summed E-state index contributed by atoms with van der Waals surface area (Å²) in [6.45, 7) is 1.81. The Morgan fingerprint density at radius 2 is 2.31 bits per heavy atom. The number of benzene rings is 1. The first kappa shape index (κ1) is 11.2. The molecule has 1 aromatic carbocycles. The second-order valence-corrected chi connectivity index (χ2v) is 4.47. The van der Waals surface area contributed by atoms with Gasteiger partial charge in [0.15, 0.2) is 6.29 Å². The Bertz CT molecular complexity index is 527. The van der Waals surface area contributed by atoms with Gasteiger partial charge in [-0.3, -0.25) is 9.89 Å². The van der Waals surface area contributed by atoms with Crippen molar-refractivity contribution >= 4 is 29.6 Å². The minimum absolute atomic E-state index is 0.525. The van der Waals surface area contributed by atoms with E-state index in [0.717, 1.165) is 12.1 Å². The van der Waals surface area contributed by atoms with Crippen molar-refractivity contribution in [3.8, 4) is 0 Å². The topological polar surface area (TPSA) is 58.6 Å². The SMILES string of the molecule is Cc1nc(Sc2c(Cl)cccc2C=O)n[nH]1. The van der Waals surface area contributed by atoms with Crippen molar-refractivity contribution < 1.29 is 4.79 Å². The molecule has 0 saturated carbocycles. The van der Waals surface area contributed by atoms with Gasteiger partial charge < -0.3 is 0 Å². The van der Waals surface area contributed by atoms with Gasteiger partial charge in [0, 0.05) is 10.5 Å². The number of H-pyrrole nitrogens is 1. The van der Waals surface area contributed by atoms with Gasteiger partial charge in [0.1, 0.15) is 5.82 Å². The van der Waals surface area contributed by atoms with E-state index in [1.54, 1.807) is 18.2 Å². The van der Waals surface area contributed by atoms with E-state index in [9.17, 15) is 4.79 Å². The fraction of sp³-hybridized carbons (Fsp3) is 0.100. The molecule has 0 aliphatic carbocycles. The molecule has 2 rings (SSSR count). The van der Waals surface area contributed by atoms with Crippen molar-refractivity contribution in [2.45, 2.75) is 17.0 Å². The van der Waals surface area contributed by atoms with E-state index in [0.29, 0.717) is 20.6 Å². The molecule has 0 unspecified atom stereocenters. The summed E-state index contributed by atoms with van der Waals surface area (Å²) >= 11 is 7.29. The molecule has 0 amide bonds. The van der Waals surface area contributed by atoms with Crippen LogP contribution in [0.1, 0.15) is 16.2 Å². The lowest BCUT2D eigenvalue weighted by Crippen LogP contribution is -1.87. The maximum atomic E-state index is 10.9. The minimum Gasteiger partial charge on any atom is -0.298 e. The molecule has 0 spiro atoms. The highest BCUT2D eigenvalue weighted by Crippen LogP contribution is 2.33. The molecule has 0 aliphatic rings. The van der Waals surface area contributed by atoms with Crippen LogP contribution in [0.5, 0.6) is 0 Å². The molecule has 82 valence electrons. The summed E-state index contributed by atoms with van der Waals surface area (Å²) < 4.78 is 0. The van der Waals surface area contributed by atoms with E-state index in [4.69, 9.17) is 11.6 Å². The summed E-state index contributed by atoms with van der Waals surface area (Å²) in [5.74, 6) is 0.724. The molecule has 0 fully saturated rings. The van der Waals surface area contributed by atoms with Gasteiger partial charge in [0.05, 0.1) is 5.02 Å². The molecule has 0 bridgehead atoms. The number of hydrogen-bond acceptors (Lipinski definition) is 4. The number of aryl methyl sites for hydroxylation is 1. The zero-order chi connectivity index (χ0) is 11.5. The van der Waals surface area contributed by atoms with Crippen LogP contribution in [0, 0.1) is 6.92 Å². The fourth-order valence-corrected chi connectivity index (χ4v) is 2.34. The first-order chi connectivity index (χ1) is 7.70. The lowest BCUT2D eigenvalue weighted by Gasteiger charge is -2.03. The Balaban J connectivity index is 2.37. The molecule has 0 atom stereocenters. The number of nitrogens with zero attached hydrogens (tertiary/aromatic N) is 2. The maximum absolute atomic E-state index is 10.9. The average molecular weight is 254 g/mol. The summed E-state index contributed by atoms with van der Waals surface area (Å²) in [4.78, 5) is 15.7. The van der Waals surface area contributed by atoms with Crippen molar-refractivity contribution in [3.05, 3.63) is 34.6 Å².